The molecule has 0 spiro atoms. The molecule has 0 saturated carbocycles. The van der Waals surface area contributed by atoms with Crippen LogP contribution in [-0.4, -0.2) is 19.3 Å². The van der Waals surface area contributed by atoms with Crippen molar-refractivity contribution < 1.29 is 9.13 Å². The molecule has 90 valence electrons. The van der Waals surface area contributed by atoms with Gasteiger partial charge >= 0.3 is 0 Å². The Hall–Kier alpha value is -0.450. The summed E-state index contributed by atoms with van der Waals surface area (Å²) < 4.78 is 19.1. The SMILES string of the molecule is CCC(N)(COC)Cc1cc(F)ccc1Br. The first-order chi connectivity index (χ1) is 7.50. The molecule has 0 saturated heterocycles. The van der Waals surface area contributed by atoms with Gasteiger partial charge in [-0.15, -0.1) is 0 Å². The smallest absolute Gasteiger partial charge is 0.123 e. The molecule has 4 heteroatoms. The number of ether oxygens (including phenoxy) is 1. The zero-order valence-corrected chi connectivity index (χ0v) is 11.2. The monoisotopic (exact) mass is 289 g/mol. The summed E-state index contributed by atoms with van der Waals surface area (Å²) in [6, 6.07) is 4.64. The van der Waals surface area contributed by atoms with Gasteiger partial charge in [-0.25, -0.2) is 4.39 Å². The van der Waals surface area contributed by atoms with Crippen molar-refractivity contribution in [3.8, 4) is 0 Å². The highest BCUT2D eigenvalue weighted by molar-refractivity contribution is 9.10. The van der Waals surface area contributed by atoms with E-state index in [1.54, 1.807) is 13.2 Å². The Kier molecular flexibility index (Phi) is 4.89. The Labute approximate surface area is 104 Å². The summed E-state index contributed by atoms with van der Waals surface area (Å²) in [5, 5.41) is 0. The van der Waals surface area contributed by atoms with Crippen molar-refractivity contribution in [1.29, 1.82) is 0 Å². The Morgan fingerprint density at radius 1 is 1.50 bits per heavy atom. The maximum atomic E-state index is 13.1. The predicted octanol–water partition coefficient (Wildman–Crippen LogP) is 2.88. The number of halogens is 2. The summed E-state index contributed by atoms with van der Waals surface area (Å²) >= 11 is 3.40. The van der Waals surface area contributed by atoms with Gasteiger partial charge in [-0.3, -0.25) is 0 Å². The normalized spacial score (nSPS) is 14.8. The van der Waals surface area contributed by atoms with Crippen LogP contribution in [0.5, 0.6) is 0 Å². The minimum Gasteiger partial charge on any atom is -0.383 e. The van der Waals surface area contributed by atoms with Crippen molar-refractivity contribution >= 4 is 15.9 Å². The average Bonchev–Trinajstić information content (AvgIpc) is 2.24. The topological polar surface area (TPSA) is 35.2 Å². The van der Waals surface area contributed by atoms with Crippen LogP contribution in [0.2, 0.25) is 0 Å². The third-order valence-corrected chi connectivity index (χ3v) is 3.46. The molecule has 2 nitrogen and oxygen atoms in total. The number of hydrogen-bond donors (Lipinski definition) is 1. The van der Waals surface area contributed by atoms with E-state index in [1.165, 1.54) is 12.1 Å². The standard InChI is InChI=1S/C12H17BrFNO/c1-3-12(15,8-16-2)7-9-6-10(14)4-5-11(9)13/h4-6H,3,7-8,15H2,1-2H3. The highest BCUT2D eigenvalue weighted by Crippen LogP contribution is 2.23. The average molecular weight is 290 g/mol. The molecule has 1 aromatic rings. The summed E-state index contributed by atoms with van der Waals surface area (Å²) in [6.07, 6.45) is 1.37. The second-order valence-corrected chi connectivity index (χ2v) is 4.92. The molecule has 0 aliphatic heterocycles. The van der Waals surface area contributed by atoms with Crippen LogP contribution in [0.4, 0.5) is 4.39 Å². The molecule has 0 bridgehead atoms. The third kappa shape index (κ3) is 3.54. The Morgan fingerprint density at radius 3 is 2.75 bits per heavy atom. The number of benzene rings is 1. The highest BCUT2D eigenvalue weighted by atomic mass is 79.9. The largest absolute Gasteiger partial charge is 0.383 e. The quantitative estimate of drug-likeness (QED) is 0.905. The van der Waals surface area contributed by atoms with E-state index in [4.69, 9.17) is 10.5 Å². The lowest BCUT2D eigenvalue weighted by molar-refractivity contribution is 0.129. The molecule has 0 aliphatic carbocycles. The van der Waals surface area contributed by atoms with Crippen LogP contribution in [0.1, 0.15) is 18.9 Å². The molecule has 0 heterocycles. The molecular formula is C12H17BrFNO. The molecule has 2 N–H and O–H groups in total. The van der Waals surface area contributed by atoms with Gasteiger partial charge in [0.2, 0.25) is 0 Å². The van der Waals surface area contributed by atoms with E-state index in [1.807, 2.05) is 6.92 Å². The van der Waals surface area contributed by atoms with Crippen LogP contribution < -0.4 is 5.73 Å². The molecule has 1 atom stereocenters. The van der Waals surface area contributed by atoms with Crippen LogP contribution in [0.15, 0.2) is 22.7 Å². The van der Waals surface area contributed by atoms with Crippen molar-refractivity contribution in [2.45, 2.75) is 25.3 Å². The fourth-order valence-electron chi connectivity index (χ4n) is 1.62. The second-order valence-electron chi connectivity index (χ2n) is 4.06. The summed E-state index contributed by atoms with van der Waals surface area (Å²) in [5.74, 6) is -0.242. The number of nitrogens with two attached hydrogens (primary N) is 1. The zero-order valence-electron chi connectivity index (χ0n) is 9.59. The molecule has 0 amide bonds. The van der Waals surface area contributed by atoms with Gasteiger partial charge in [0.25, 0.3) is 0 Å². The summed E-state index contributed by atoms with van der Waals surface area (Å²) in [6.45, 7) is 2.47. The molecular weight excluding hydrogens is 273 g/mol. The lowest BCUT2D eigenvalue weighted by atomic mass is 9.90. The predicted molar refractivity (Wildman–Crippen MR) is 66.9 cm³/mol. The van der Waals surface area contributed by atoms with Gasteiger partial charge in [-0.2, -0.15) is 0 Å². The molecule has 1 unspecified atom stereocenters. The zero-order chi connectivity index (χ0) is 12.2. The molecule has 0 aromatic heterocycles. The van der Waals surface area contributed by atoms with E-state index in [-0.39, 0.29) is 5.82 Å². The van der Waals surface area contributed by atoms with E-state index < -0.39 is 5.54 Å². The lowest BCUT2D eigenvalue weighted by Gasteiger charge is -2.27. The van der Waals surface area contributed by atoms with Crippen LogP contribution in [0.25, 0.3) is 0 Å². The maximum absolute atomic E-state index is 13.1. The van der Waals surface area contributed by atoms with Crippen LogP contribution in [-0.2, 0) is 11.2 Å². The van der Waals surface area contributed by atoms with E-state index >= 15 is 0 Å². The molecule has 1 aromatic carbocycles. The minimum absolute atomic E-state index is 0.242. The van der Waals surface area contributed by atoms with Crippen molar-refractivity contribution in [1.82, 2.24) is 0 Å². The number of rotatable bonds is 5. The van der Waals surface area contributed by atoms with E-state index in [0.29, 0.717) is 13.0 Å². The Bertz CT molecular complexity index is 359. The second kappa shape index (κ2) is 5.75. The summed E-state index contributed by atoms with van der Waals surface area (Å²) in [5.41, 5.74) is 6.63. The van der Waals surface area contributed by atoms with Crippen molar-refractivity contribution in [3.63, 3.8) is 0 Å². The van der Waals surface area contributed by atoms with Crippen molar-refractivity contribution in [2.75, 3.05) is 13.7 Å². The number of methoxy groups -OCH3 is 1. The van der Waals surface area contributed by atoms with Gasteiger partial charge in [0, 0.05) is 17.1 Å². The minimum atomic E-state index is -0.439. The van der Waals surface area contributed by atoms with Gasteiger partial charge < -0.3 is 10.5 Å². The first-order valence-corrected chi connectivity index (χ1v) is 6.02. The molecule has 1 rings (SSSR count). The first kappa shape index (κ1) is 13.6. The molecule has 16 heavy (non-hydrogen) atoms. The fourth-order valence-corrected chi connectivity index (χ4v) is 2.01. The van der Waals surface area contributed by atoms with Gasteiger partial charge in [0.1, 0.15) is 5.82 Å². The van der Waals surface area contributed by atoms with Gasteiger partial charge in [0.15, 0.2) is 0 Å². The summed E-state index contributed by atoms with van der Waals surface area (Å²) in [7, 11) is 1.62. The van der Waals surface area contributed by atoms with Crippen LogP contribution in [0, 0.1) is 5.82 Å². The number of hydrogen-bond acceptors (Lipinski definition) is 2. The van der Waals surface area contributed by atoms with E-state index in [2.05, 4.69) is 15.9 Å². The summed E-state index contributed by atoms with van der Waals surface area (Å²) in [4.78, 5) is 0. The van der Waals surface area contributed by atoms with Gasteiger partial charge in [-0.05, 0) is 36.6 Å². The van der Waals surface area contributed by atoms with Crippen LogP contribution in [0.3, 0.4) is 0 Å². The third-order valence-electron chi connectivity index (χ3n) is 2.69. The maximum Gasteiger partial charge on any atom is 0.123 e. The lowest BCUT2D eigenvalue weighted by Crippen LogP contribution is -2.45. The molecule has 0 fully saturated rings. The van der Waals surface area contributed by atoms with Gasteiger partial charge in [0.05, 0.1) is 6.61 Å². The van der Waals surface area contributed by atoms with Crippen molar-refractivity contribution in [2.24, 2.45) is 5.73 Å². The molecule has 0 aliphatic rings. The Morgan fingerprint density at radius 2 is 2.19 bits per heavy atom. The highest BCUT2D eigenvalue weighted by Gasteiger charge is 2.24. The Balaban J connectivity index is 2.89. The first-order valence-electron chi connectivity index (χ1n) is 5.22. The van der Waals surface area contributed by atoms with Crippen LogP contribution >= 0.6 is 15.9 Å². The fraction of sp³-hybridized carbons (Fsp3) is 0.500. The van der Waals surface area contributed by atoms with Crippen molar-refractivity contribution in [3.05, 3.63) is 34.1 Å². The van der Waals surface area contributed by atoms with E-state index in [9.17, 15) is 4.39 Å². The molecule has 0 radical (unpaired) electrons. The van der Waals surface area contributed by atoms with Gasteiger partial charge in [-0.1, -0.05) is 22.9 Å². The van der Waals surface area contributed by atoms with E-state index in [0.717, 1.165) is 16.5 Å².